The molecule has 2 aromatic carbocycles. The van der Waals surface area contributed by atoms with Gasteiger partial charge in [-0.05, 0) is 43.6 Å². The monoisotopic (exact) mass is 533 g/mol. The molecule has 39 heavy (non-hydrogen) atoms. The van der Waals surface area contributed by atoms with Crippen LogP contribution >= 0.6 is 0 Å². The number of piperidine rings is 1. The van der Waals surface area contributed by atoms with E-state index in [0.717, 1.165) is 112 Å². The smallest absolute Gasteiger partial charge is 0.318 e. The van der Waals surface area contributed by atoms with Gasteiger partial charge in [-0.3, -0.25) is 4.90 Å². The SMILES string of the molecule is OCC1CCCCN1c1nc(OCCCN2CCOCC2)nc2c1CCN(c1cc(O)cc3ccccc13)C2. The number of ether oxygens (including phenoxy) is 2. The molecule has 2 saturated heterocycles. The standard InChI is InChI=1S/C30H39N5O4/c36-21-23-7-3-4-11-35(23)29-26-9-12-34(28-19-24(37)18-22-6-1-2-8-25(22)28)20-27(26)31-30(32-29)39-15-5-10-33-13-16-38-17-14-33/h1-2,6,8,18-19,23,36-37H,3-5,7,9-17,20-21H2. The Kier molecular flexibility index (Phi) is 7.99. The number of aromatic hydroxyl groups is 1. The highest BCUT2D eigenvalue weighted by Crippen LogP contribution is 2.37. The summed E-state index contributed by atoms with van der Waals surface area (Å²) < 4.78 is 11.6. The van der Waals surface area contributed by atoms with Crippen molar-refractivity contribution in [3.8, 4) is 11.8 Å². The summed E-state index contributed by atoms with van der Waals surface area (Å²) in [4.78, 5) is 16.8. The Morgan fingerprint density at radius 1 is 1.03 bits per heavy atom. The second-order valence-corrected chi connectivity index (χ2v) is 10.8. The quantitative estimate of drug-likeness (QED) is 0.423. The maximum Gasteiger partial charge on any atom is 0.318 e. The van der Waals surface area contributed by atoms with Crippen LogP contribution in [0.3, 0.4) is 0 Å². The lowest BCUT2D eigenvalue weighted by Crippen LogP contribution is -2.44. The number of aliphatic hydroxyl groups excluding tert-OH is 1. The van der Waals surface area contributed by atoms with E-state index in [0.29, 0.717) is 19.2 Å². The van der Waals surface area contributed by atoms with Gasteiger partial charge in [0, 0.05) is 55.4 Å². The predicted molar refractivity (Wildman–Crippen MR) is 152 cm³/mol. The zero-order valence-electron chi connectivity index (χ0n) is 22.6. The van der Waals surface area contributed by atoms with Crippen LogP contribution < -0.4 is 14.5 Å². The summed E-state index contributed by atoms with van der Waals surface area (Å²) in [5, 5.41) is 22.7. The van der Waals surface area contributed by atoms with Gasteiger partial charge < -0.3 is 29.5 Å². The third-order valence-corrected chi connectivity index (χ3v) is 8.25. The fourth-order valence-electron chi connectivity index (χ4n) is 6.18. The topological polar surface area (TPSA) is 94.4 Å². The van der Waals surface area contributed by atoms with Crippen molar-refractivity contribution in [1.29, 1.82) is 0 Å². The Morgan fingerprint density at radius 2 is 1.90 bits per heavy atom. The summed E-state index contributed by atoms with van der Waals surface area (Å²) in [6.07, 6.45) is 4.87. The van der Waals surface area contributed by atoms with E-state index in [1.807, 2.05) is 30.3 Å². The number of aliphatic hydroxyl groups is 1. The van der Waals surface area contributed by atoms with Gasteiger partial charge in [0.2, 0.25) is 0 Å². The van der Waals surface area contributed by atoms with E-state index in [2.05, 4.69) is 20.8 Å². The van der Waals surface area contributed by atoms with Gasteiger partial charge in [-0.2, -0.15) is 9.97 Å². The average molecular weight is 534 g/mol. The molecule has 9 nitrogen and oxygen atoms in total. The lowest BCUT2D eigenvalue weighted by molar-refractivity contribution is 0.0356. The average Bonchev–Trinajstić information content (AvgIpc) is 2.98. The van der Waals surface area contributed by atoms with Crippen LogP contribution in [0.5, 0.6) is 11.8 Å². The highest BCUT2D eigenvalue weighted by Gasteiger charge is 2.30. The van der Waals surface area contributed by atoms with Crippen LogP contribution in [0.25, 0.3) is 10.8 Å². The molecular formula is C30H39N5O4. The Labute approximate surface area is 230 Å². The fourth-order valence-corrected chi connectivity index (χ4v) is 6.18. The number of hydrogen-bond acceptors (Lipinski definition) is 9. The van der Waals surface area contributed by atoms with Gasteiger partial charge in [0.15, 0.2) is 0 Å². The van der Waals surface area contributed by atoms with Crippen LogP contribution in [0.4, 0.5) is 11.5 Å². The van der Waals surface area contributed by atoms with Gasteiger partial charge in [0.05, 0.1) is 44.7 Å². The largest absolute Gasteiger partial charge is 0.508 e. The molecule has 0 aliphatic carbocycles. The van der Waals surface area contributed by atoms with Crippen LogP contribution in [-0.2, 0) is 17.7 Å². The first kappa shape index (κ1) is 26.1. The summed E-state index contributed by atoms with van der Waals surface area (Å²) in [6.45, 7) is 7.47. The number of rotatable bonds is 8. The molecule has 2 fully saturated rings. The first-order chi connectivity index (χ1) is 19.2. The Morgan fingerprint density at radius 3 is 2.77 bits per heavy atom. The lowest BCUT2D eigenvalue weighted by Gasteiger charge is -2.39. The molecule has 0 spiro atoms. The molecule has 1 unspecified atom stereocenters. The van der Waals surface area contributed by atoms with E-state index in [1.165, 1.54) is 0 Å². The normalized spacial score (nSPS) is 20.3. The van der Waals surface area contributed by atoms with Crippen LogP contribution in [0, 0.1) is 0 Å². The number of nitrogens with zero attached hydrogens (tertiary/aromatic N) is 5. The second-order valence-electron chi connectivity index (χ2n) is 10.8. The molecule has 3 aromatic rings. The number of benzene rings is 2. The van der Waals surface area contributed by atoms with E-state index in [4.69, 9.17) is 19.4 Å². The summed E-state index contributed by atoms with van der Waals surface area (Å²) in [6, 6.07) is 12.3. The first-order valence-electron chi connectivity index (χ1n) is 14.4. The van der Waals surface area contributed by atoms with Gasteiger partial charge in [0.25, 0.3) is 0 Å². The number of fused-ring (bicyclic) bond motifs is 2. The molecule has 0 radical (unpaired) electrons. The second kappa shape index (κ2) is 11.9. The minimum Gasteiger partial charge on any atom is -0.508 e. The molecule has 3 aliphatic rings. The third-order valence-electron chi connectivity index (χ3n) is 8.25. The first-order valence-corrected chi connectivity index (χ1v) is 14.4. The van der Waals surface area contributed by atoms with Crippen LogP contribution in [-0.4, -0.2) is 90.3 Å². The summed E-state index contributed by atoms with van der Waals surface area (Å²) in [5.41, 5.74) is 3.12. The van der Waals surface area contributed by atoms with Gasteiger partial charge >= 0.3 is 6.01 Å². The minimum atomic E-state index is 0.0694. The highest BCUT2D eigenvalue weighted by molar-refractivity contribution is 5.95. The molecule has 4 heterocycles. The van der Waals surface area contributed by atoms with E-state index < -0.39 is 0 Å². The molecule has 208 valence electrons. The van der Waals surface area contributed by atoms with E-state index in [9.17, 15) is 10.2 Å². The lowest BCUT2D eigenvalue weighted by atomic mass is 9.98. The third kappa shape index (κ3) is 5.76. The number of hydrogen-bond donors (Lipinski definition) is 2. The molecule has 2 N–H and O–H groups in total. The van der Waals surface area contributed by atoms with Crippen molar-refractivity contribution in [2.75, 3.05) is 69.0 Å². The van der Waals surface area contributed by atoms with E-state index in [-0.39, 0.29) is 18.4 Å². The maximum absolute atomic E-state index is 10.5. The Balaban J connectivity index is 1.27. The fraction of sp³-hybridized carbons (Fsp3) is 0.533. The maximum atomic E-state index is 10.5. The van der Waals surface area contributed by atoms with Crippen LogP contribution in [0.15, 0.2) is 36.4 Å². The summed E-state index contributed by atoms with van der Waals surface area (Å²) in [5.74, 6) is 1.18. The van der Waals surface area contributed by atoms with Gasteiger partial charge in [0.1, 0.15) is 11.6 Å². The van der Waals surface area contributed by atoms with Gasteiger partial charge in [-0.25, -0.2) is 0 Å². The zero-order chi connectivity index (χ0) is 26.6. The molecule has 0 bridgehead atoms. The minimum absolute atomic E-state index is 0.0694. The Hall–Kier alpha value is -3.14. The van der Waals surface area contributed by atoms with Crippen molar-refractivity contribution >= 4 is 22.3 Å². The van der Waals surface area contributed by atoms with E-state index in [1.54, 1.807) is 0 Å². The molecule has 3 aliphatic heterocycles. The highest BCUT2D eigenvalue weighted by atomic mass is 16.5. The van der Waals surface area contributed by atoms with Crippen molar-refractivity contribution in [3.63, 3.8) is 0 Å². The zero-order valence-corrected chi connectivity index (χ0v) is 22.6. The number of anilines is 2. The summed E-state index contributed by atoms with van der Waals surface area (Å²) in [7, 11) is 0. The van der Waals surface area contributed by atoms with Crippen molar-refractivity contribution < 1.29 is 19.7 Å². The van der Waals surface area contributed by atoms with Crippen molar-refractivity contribution in [2.45, 2.75) is 44.7 Å². The molecule has 6 rings (SSSR count). The van der Waals surface area contributed by atoms with Crippen molar-refractivity contribution in [2.24, 2.45) is 0 Å². The van der Waals surface area contributed by atoms with Crippen molar-refractivity contribution in [1.82, 2.24) is 14.9 Å². The summed E-state index contributed by atoms with van der Waals surface area (Å²) >= 11 is 0. The number of phenols is 1. The number of phenolic OH excluding ortho intramolecular Hbond substituents is 1. The molecule has 9 heteroatoms. The molecule has 1 aromatic heterocycles. The molecule has 0 amide bonds. The number of aromatic nitrogens is 2. The predicted octanol–water partition coefficient (Wildman–Crippen LogP) is 3.35. The van der Waals surface area contributed by atoms with Crippen LogP contribution in [0.2, 0.25) is 0 Å². The molecule has 1 atom stereocenters. The molecule has 0 saturated carbocycles. The number of morpholine rings is 1. The van der Waals surface area contributed by atoms with E-state index >= 15 is 0 Å². The Bertz CT molecular complexity index is 1280. The van der Waals surface area contributed by atoms with Gasteiger partial charge in [-0.15, -0.1) is 0 Å². The van der Waals surface area contributed by atoms with Crippen molar-refractivity contribution in [3.05, 3.63) is 47.7 Å². The van der Waals surface area contributed by atoms with Gasteiger partial charge in [-0.1, -0.05) is 24.3 Å². The van der Waals surface area contributed by atoms with Crippen LogP contribution in [0.1, 0.15) is 36.9 Å². The molecular weight excluding hydrogens is 494 g/mol.